The van der Waals surface area contributed by atoms with E-state index in [0.717, 1.165) is 12.8 Å². The molecule has 3 nitrogen and oxygen atoms in total. The summed E-state index contributed by atoms with van der Waals surface area (Å²) in [7, 11) is 0. The van der Waals surface area contributed by atoms with Gasteiger partial charge < -0.3 is 9.94 Å². The zero-order valence-corrected chi connectivity index (χ0v) is 8.74. The summed E-state index contributed by atoms with van der Waals surface area (Å²) in [5.41, 5.74) is 1.13. The molecule has 0 aromatic heterocycles. The van der Waals surface area contributed by atoms with E-state index in [2.05, 4.69) is 9.89 Å². The van der Waals surface area contributed by atoms with Crippen molar-refractivity contribution in [1.29, 1.82) is 0 Å². The lowest BCUT2D eigenvalue weighted by Gasteiger charge is -2.09. The Labute approximate surface area is 95.5 Å². The summed E-state index contributed by atoms with van der Waals surface area (Å²) < 4.78 is 39.5. The zero-order chi connectivity index (χ0) is 12.5. The van der Waals surface area contributed by atoms with Crippen LogP contribution in [0.3, 0.4) is 0 Å². The summed E-state index contributed by atoms with van der Waals surface area (Å²) in [6, 6.07) is 5.32. The van der Waals surface area contributed by atoms with Crippen LogP contribution < -0.4 is 4.74 Å². The maximum Gasteiger partial charge on any atom is 0.573 e. The minimum atomic E-state index is -4.69. The van der Waals surface area contributed by atoms with Gasteiger partial charge in [-0.3, -0.25) is 0 Å². The van der Waals surface area contributed by atoms with Gasteiger partial charge in [0, 0.05) is 5.92 Å². The molecule has 1 fully saturated rings. The Balaban J connectivity index is 2.12. The van der Waals surface area contributed by atoms with Gasteiger partial charge in [0.1, 0.15) is 5.75 Å². The molecule has 0 spiro atoms. The van der Waals surface area contributed by atoms with E-state index in [1.807, 2.05) is 0 Å². The van der Waals surface area contributed by atoms with E-state index in [-0.39, 0.29) is 11.7 Å². The molecule has 1 aromatic rings. The Morgan fingerprint density at radius 2 is 1.82 bits per heavy atom. The van der Waals surface area contributed by atoms with Crippen LogP contribution in [0.15, 0.2) is 29.4 Å². The van der Waals surface area contributed by atoms with Crippen molar-refractivity contribution in [3.63, 3.8) is 0 Å². The molecule has 0 unspecified atom stereocenters. The fourth-order valence-corrected chi connectivity index (χ4v) is 1.56. The first-order valence-electron chi connectivity index (χ1n) is 5.08. The van der Waals surface area contributed by atoms with Gasteiger partial charge >= 0.3 is 6.36 Å². The average molecular weight is 245 g/mol. The molecule has 1 saturated carbocycles. The van der Waals surface area contributed by atoms with Crippen molar-refractivity contribution in [2.45, 2.75) is 19.2 Å². The van der Waals surface area contributed by atoms with E-state index < -0.39 is 6.36 Å². The van der Waals surface area contributed by atoms with E-state index in [1.165, 1.54) is 24.3 Å². The molecule has 2 rings (SSSR count). The molecular weight excluding hydrogens is 235 g/mol. The third-order valence-electron chi connectivity index (χ3n) is 2.46. The number of nitrogens with zero attached hydrogens (tertiary/aromatic N) is 1. The van der Waals surface area contributed by atoms with Gasteiger partial charge in [-0.2, -0.15) is 0 Å². The van der Waals surface area contributed by atoms with Crippen molar-refractivity contribution >= 4 is 5.71 Å². The smallest absolute Gasteiger partial charge is 0.411 e. The first-order chi connectivity index (χ1) is 7.99. The Kier molecular flexibility index (Phi) is 2.95. The lowest BCUT2D eigenvalue weighted by molar-refractivity contribution is -0.274. The quantitative estimate of drug-likeness (QED) is 0.505. The van der Waals surface area contributed by atoms with Crippen LogP contribution in [0, 0.1) is 5.92 Å². The Morgan fingerprint density at radius 3 is 2.24 bits per heavy atom. The van der Waals surface area contributed by atoms with E-state index in [0.29, 0.717) is 11.3 Å². The molecule has 1 N–H and O–H groups in total. The minimum absolute atomic E-state index is 0.217. The number of rotatable bonds is 3. The van der Waals surface area contributed by atoms with Gasteiger partial charge in [-0.1, -0.05) is 5.16 Å². The van der Waals surface area contributed by atoms with Gasteiger partial charge in [0.25, 0.3) is 0 Å². The van der Waals surface area contributed by atoms with E-state index in [9.17, 15) is 13.2 Å². The van der Waals surface area contributed by atoms with Crippen LogP contribution in [0.2, 0.25) is 0 Å². The van der Waals surface area contributed by atoms with Crippen LogP contribution in [0.4, 0.5) is 13.2 Å². The second-order valence-electron chi connectivity index (χ2n) is 3.83. The van der Waals surface area contributed by atoms with Crippen molar-refractivity contribution in [3.8, 4) is 5.75 Å². The highest BCUT2D eigenvalue weighted by molar-refractivity contribution is 6.03. The number of benzene rings is 1. The summed E-state index contributed by atoms with van der Waals surface area (Å²) >= 11 is 0. The van der Waals surface area contributed by atoms with Crippen LogP contribution in [0.5, 0.6) is 5.75 Å². The topological polar surface area (TPSA) is 41.8 Å². The lowest BCUT2D eigenvalue weighted by Crippen LogP contribution is -2.17. The SMILES string of the molecule is ON=C(c1ccc(OC(F)(F)F)cc1)C1CC1. The zero-order valence-electron chi connectivity index (χ0n) is 8.74. The summed E-state index contributed by atoms with van der Waals surface area (Å²) in [5, 5.41) is 12.0. The van der Waals surface area contributed by atoms with Gasteiger partial charge in [0.15, 0.2) is 0 Å². The predicted molar refractivity (Wildman–Crippen MR) is 54.2 cm³/mol. The predicted octanol–water partition coefficient (Wildman–Crippen LogP) is 3.17. The molecule has 0 radical (unpaired) electrons. The summed E-state index contributed by atoms with van der Waals surface area (Å²) in [6.45, 7) is 0. The van der Waals surface area contributed by atoms with Crippen LogP contribution >= 0.6 is 0 Å². The summed E-state index contributed by atoms with van der Waals surface area (Å²) in [6.07, 6.45) is -2.80. The maximum atomic E-state index is 11.9. The monoisotopic (exact) mass is 245 g/mol. The standard InChI is InChI=1S/C11H10F3NO2/c12-11(13,14)17-9-5-3-8(4-6-9)10(15-16)7-1-2-7/h3-7,16H,1-2H2. The fourth-order valence-electron chi connectivity index (χ4n) is 1.56. The highest BCUT2D eigenvalue weighted by Crippen LogP contribution is 2.33. The highest BCUT2D eigenvalue weighted by Gasteiger charge is 2.32. The number of hydrogen-bond donors (Lipinski definition) is 1. The number of halogens is 3. The molecule has 1 aromatic carbocycles. The van der Waals surface area contributed by atoms with Crippen molar-refractivity contribution < 1.29 is 23.1 Å². The van der Waals surface area contributed by atoms with E-state index >= 15 is 0 Å². The Morgan fingerprint density at radius 1 is 1.24 bits per heavy atom. The van der Waals surface area contributed by atoms with Crippen LogP contribution in [-0.2, 0) is 0 Å². The average Bonchev–Trinajstić information content (AvgIpc) is 3.04. The molecule has 6 heteroatoms. The second-order valence-corrected chi connectivity index (χ2v) is 3.83. The second kappa shape index (κ2) is 4.27. The number of alkyl halides is 3. The molecule has 1 aliphatic rings. The van der Waals surface area contributed by atoms with Crippen molar-refractivity contribution in [2.24, 2.45) is 11.1 Å². The first-order valence-corrected chi connectivity index (χ1v) is 5.08. The number of oxime groups is 1. The largest absolute Gasteiger partial charge is 0.573 e. The third-order valence-corrected chi connectivity index (χ3v) is 2.46. The molecule has 0 saturated heterocycles. The molecule has 0 aliphatic heterocycles. The molecule has 0 atom stereocenters. The molecule has 92 valence electrons. The molecule has 0 bridgehead atoms. The van der Waals surface area contributed by atoms with Gasteiger partial charge in [-0.05, 0) is 42.7 Å². The van der Waals surface area contributed by atoms with E-state index in [4.69, 9.17) is 5.21 Å². The lowest BCUT2D eigenvalue weighted by atomic mass is 10.1. The normalized spacial score (nSPS) is 17.0. The first kappa shape index (κ1) is 11.8. The highest BCUT2D eigenvalue weighted by atomic mass is 19.4. The van der Waals surface area contributed by atoms with Gasteiger partial charge in [0.05, 0.1) is 5.71 Å². The van der Waals surface area contributed by atoms with Crippen LogP contribution in [0.25, 0.3) is 0 Å². The minimum Gasteiger partial charge on any atom is -0.411 e. The summed E-state index contributed by atoms with van der Waals surface area (Å²) in [5.74, 6) is -0.0660. The summed E-state index contributed by atoms with van der Waals surface area (Å²) in [4.78, 5) is 0. The van der Waals surface area contributed by atoms with Gasteiger partial charge in [0.2, 0.25) is 0 Å². The molecule has 0 amide bonds. The molecule has 17 heavy (non-hydrogen) atoms. The number of hydrogen-bond acceptors (Lipinski definition) is 3. The Bertz CT molecular complexity index is 421. The maximum absolute atomic E-state index is 11.9. The van der Waals surface area contributed by atoms with Crippen molar-refractivity contribution in [3.05, 3.63) is 29.8 Å². The fraction of sp³-hybridized carbons (Fsp3) is 0.364. The van der Waals surface area contributed by atoms with Crippen molar-refractivity contribution in [2.75, 3.05) is 0 Å². The molecule has 1 aliphatic carbocycles. The van der Waals surface area contributed by atoms with Crippen LogP contribution in [-0.4, -0.2) is 17.3 Å². The molecule has 0 heterocycles. The number of ether oxygens (including phenoxy) is 1. The van der Waals surface area contributed by atoms with Crippen molar-refractivity contribution in [1.82, 2.24) is 0 Å². The molecular formula is C11H10F3NO2. The van der Waals surface area contributed by atoms with E-state index in [1.54, 1.807) is 0 Å². The third kappa shape index (κ3) is 3.12. The van der Waals surface area contributed by atoms with Gasteiger partial charge in [-0.25, -0.2) is 0 Å². The van der Waals surface area contributed by atoms with Crippen LogP contribution in [0.1, 0.15) is 18.4 Å². The Hall–Kier alpha value is -1.72. The van der Waals surface area contributed by atoms with Gasteiger partial charge in [-0.15, -0.1) is 13.2 Å².